The van der Waals surface area contributed by atoms with Crippen molar-refractivity contribution in [3.8, 4) is 0 Å². The molecule has 98 valence electrons. The molecule has 1 aliphatic rings. The zero-order valence-electron chi connectivity index (χ0n) is 9.84. The van der Waals surface area contributed by atoms with Crippen molar-refractivity contribution in [2.75, 3.05) is 24.6 Å². The van der Waals surface area contributed by atoms with Crippen LogP contribution in [0.4, 0.5) is 5.82 Å². The second-order valence-corrected chi connectivity index (χ2v) is 4.81. The Hall–Kier alpha value is -1.33. The number of pyridine rings is 1. The molecule has 2 rings (SSSR count). The van der Waals surface area contributed by atoms with Gasteiger partial charge in [-0.15, -0.1) is 0 Å². The van der Waals surface area contributed by atoms with Gasteiger partial charge in [0.2, 0.25) is 0 Å². The molecule has 0 amide bonds. The molecule has 2 N–H and O–H groups in total. The summed E-state index contributed by atoms with van der Waals surface area (Å²) in [6.45, 7) is 1.62. The van der Waals surface area contributed by atoms with E-state index in [-0.39, 0.29) is 12.2 Å². The number of hydrogen-bond donors (Lipinski definition) is 2. The van der Waals surface area contributed by atoms with Crippen LogP contribution < -0.4 is 4.90 Å². The SMILES string of the molecule is O=C(O)c1ccc(Cl)nc1N1CCC(CCO)C1. The first-order chi connectivity index (χ1) is 8.61. The van der Waals surface area contributed by atoms with Crippen LogP contribution in [-0.2, 0) is 0 Å². The van der Waals surface area contributed by atoms with Crippen LogP contribution in [0.2, 0.25) is 5.15 Å². The summed E-state index contributed by atoms with van der Waals surface area (Å²) in [7, 11) is 0. The van der Waals surface area contributed by atoms with Gasteiger partial charge in [0.05, 0.1) is 0 Å². The molecule has 1 aromatic heterocycles. The second kappa shape index (κ2) is 5.54. The standard InChI is InChI=1S/C12H15ClN2O3/c13-10-2-1-9(12(17)18)11(14-10)15-5-3-8(7-15)4-6-16/h1-2,8,16H,3-7H2,(H,17,18). The van der Waals surface area contributed by atoms with Gasteiger partial charge < -0.3 is 15.1 Å². The molecule has 1 aliphatic heterocycles. The number of carbonyl (C=O) groups is 1. The van der Waals surface area contributed by atoms with E-state index < -0.39 is 5.97 Å². The third kappa shape index (κ3) is 2.73. The van der Waals surface area contributed by atoms with Crippen molar-refractivity contribution in [3.63, 3.8) is 0 Å². The molecule has 1 unspecified atom stereocenters. The zero-order valence-corrected chi connectivity index (χ0v) is 10.6. The predicted molar refractivity (Wildman–Crippen MR) is 68.2 cm³/mol. The number of carboxylic acid groups (broad SMARTS) is 1. The van der Waals surface area contributed by atoms with E-state index in [1.165, 1.54) is 12.1 Å². The molecule has 6 heteroatoms. The Bertz CT molecular complexity index is 453. The maximum Gasteiger partial charge on any atom is 0.339 e. The summed E-state index contributed by atoms with van der Waals surface area (Å²) in [6.07, 6.45) is 1.67. The third-order valence-corrected chi connectivity index (χ3v) is 3.40. The fourth-order valence-electron chi connectivity index (χ4n) is 2.28. The van der Waals surface area contributed by atoms with Gasteiger partial charge in [-0.05, 0) is 30.9 Å². The molecule has 0 aromatic carbocycles. The van der Waals surface area contributed by atoms with E-state index in [1.54, 1.807) is 0 Å². The Kier molecular flexibility index (Phi) is 4.04. The summed E-state index contributed by atoms with van der Waals surface area (Å²) in [4.78, 5) is 17.2. The average Bonchev–Trinajstić information content (AvgIpc) is 2.77. The first-order valence-corrected chi connectivity index (χ1v) is 6.25. The van der Waals surface area contributed by atoms with Crippen molar-refractivity contribution in [2.24, 2.45) is 5.92 Å². The molecule has 0 spiro atoms. The highest BCUT2D eigenvalue weighted by molar-refractivity contribution is 6.29. The van der Waals surface area contributed by atoms with Crippen LogP contribution in [0.25, 0.3) is 0 Å². The fourth-order valence-corrected chi connectivity index (χ4v) is 2.42. The molecule has 2 heterocycles. The lowest BCUT2D eigenvalue weighted by molar-refractivity contribution is 0.0697. The van der Waals surface area contributed by atoms with Gasteiger partial charge in [0, 0.05) is 19.7 Å². The maximum atomic E-state index is 11.1. The Labute approximate surface area is 110 Å². The van der Waals surface area contributed by atoms with E-state index >= 15 is 0 Å². The number of nitrogens with zero attached hydrogens (tertiary/aromatic N) is 2. The Morgan fingerprint density at radius 1 is 1.56 bits per heavy atom. The number of aliphatic hydroxyl groups is 1. The number of anilines is 1. The van der Waals surface area contributed by atoms with Gasteiger partial charge in [-0.3, -0.25) is 0 Å². The topological polar surface area (TPSA) is 73.7 Å². The summed E-state index contributed by atoms with van der Waals surface area (Å²) in [5.41, 5.74) is 0.170. The molecular formula is C12H15ClN2O3. The molecule has 18 heavy (non-hydrogen) atoms. The number of aliphatic hydroxyl groups excluding tert-OH is 1. The maximum absolute atomic E-state index is 11.1. The Balaban J connectivity index is 2.23. The summed E-state index contributed by atoms with van der Waals surface area (Å²) in [5.74, 6) is -0.187. The number of halogens is 1. The highest BCUT2D eigenvalue weighted by atomic mass is 35.5. The van der Waals surface area contributed by atoms with Gasteiger partial charge in [0.15, 0.2) is 0 Å². The van der Waals surface area contributed by atoms with Gasteiger partial charge >= 0.3 is 5.97 Å². The lowest BCUT2D eigenvalue weighted by Gasteiger charge is -2.19. The number of aromatic carboxylic acids is 1. The van der Waals surface area contributed by atoms with E-state index in [0.717, 1.165) is 19.4 Å². The van der Waals surface area contributed by atoms with Crippen LogP contribution in [0.3, 0.4) is 0 Å². The first kappa shape index (κ1) is 13.1. The lowest BCUT2D eigenvalue weighted by atomic mass is 10.1. The van der Waals surface area contributed by atoms with Gasteiger partial charge in [0.1, 0.15) is 16.5 Å². The van der Waals surface area contributed by atoms with Crippen LogP contribution in [0.5, 0.6) is 0 Å². The van der Waals surface area contributed by atoms with Gasteiger partial charge in [-0.25, -0.2) is 9.78 Å². The van der Waals surface area contributed by atoms with Crippen molar-refractivity contribution in [1.82, 2.24) is 4.98 Å². The van der Waals surface area contributed by atoms with E-state index in [9.17, 15) is 4.79 Å². The number of carboxylic acids is 1. The van der Waals surface area contributed by atoms with Crippen molar-refractivity contribution in [3.05, 3.63) is 22.8 Å². The van der Waals surface area contributed by atoms with Crippen LogP contribution in [0.1, 0.15) is 23.2 Å². The zero-order chi connectivity index (χ0) is 13.1. The van der Waals surface area contributed by atoms with Gasteiger partial charge in [-0.1, -0.05) is 11.6 Å². The van der Waals surface area contributed by atoms with E-state index in [4.69, 9.17) is 21.8 Å². The van der Waals surface area contributed by atoms with E-state index in [1.807, 2.05) is 4.90 Å². The van der Waals surface area contributed by atoms with Crippen molar-refractivity contribution in [1.29, 1.82) is 0 Å². The van der Waals surface area contributed by atoms with Crippen LogP contribution in [0.15, 0.2) is 12.1 Å². The van der Waals surface area contributed by atoms with Gasteiger partial charge in [0.25, 0.3) is 0 Å². The van der Waals surface area contributed by atoms with Gasteiger partial charge in [-0.2, -0.15) is 0 Å². The quantitative estimate of drug-likeness (QED) is 0.814. The van der Waals surface area contributed by atoms with Crippen molar-refractivity contribution < 1.29 is 15.0 Å². The third-order valence-electron chi connectivity index (χ3n) is 3.19. The summed E-state index contributed by atoms with van der Waals surface area (Å²) in [5, 5.41) is 18.3. The Morgan fingerprint density at radius 3 is 3.00 bits per heavy atom. The summed E-state index contributed by atoms with van der Waals surface area (Å²) >= 11 is 5.83. The minimum atomic E-state index is -1.00. The predicted octanol–water partition coefficient (Wildman–Crippen LogP) is 1.64. The molecule has 0 saturated carbocycles. The lowest BCUT2D eigenvalue weighted by Crippen LogP contribution is -2.23. The molecular weight excluding hydrogens is 256 g/mol. The number of hydrogen-bond acceptors (Lipinski definition) is 4. The highest BCUT2D eigenvalue weighted by Gasteiger charge is 2.26. The fraction of sp³-hybridized carbons (Fsp3) is 0.500. The van der Waals surface area contributed by atoms with Crippen molar-refractivity contribution >= 4 is 23.4 Å². The molecule has 1 aromatic rings. The summed E-state index contributed by atoms with van der Waals surface area (Å²) < 4.78 is 0. The van der Waals surface area contributed by atoms with Crippen molar-refractivity contribution in [2.45, 2.75) is 12.8 Å². The molecule has 0 bridgehead atoms. The first-order valence-electron chi connectivity index (χ1n) is 5.87. The van der Waals surface area contributed by atoms with Crippen LogP contribution in [0, 0.1) is 5.92 Å². The number of aromatic nitrogens is 1. The molecule has 0 radical (unpaired) electrons. The van der Waals surface area contributed by atoms with Crippen LogP contribution in [-0.4, -0.2) is 40.9 Å². The molecule has 1 fully saturated rings. The smallest absolute Gasteiger partial charge is 0.339 e. The summed E-state index contributed by atoms with van der Waals surface area (Å²) in [6, 6.07) is 2.96. The molecule has 5 nitrogen and oxygen atoms in total. The normalized spacial score (nSPS) is 19.2. The van der Waals surface area contributed by atoms with E-state index in [2.05, 4.69) is 4.98 Å². The monoisotopic (exact) mass is 270 g/mol. The molecule has 0 aliphatic carbocycles. The minimum absolute atomic E-state index is 0.160. The molecule has 1 atom stereocenters. The highest BCUT2D eigenvalue weighted by Crippen LogP contribution is 2.28. The Morgan fingerprint density at radius 2 is 2.33 bits per heavy atom. The van der Waals surface area contributed by atoms with E-state index in [0.29, 0.717) is 23.4 Å². The average molecular weight is 271 g/mol. The largest absolute Gasteiger partial charge is 0.478 e. The van der Waals surface area contributed by atoms with Crippen LogP contribution >= 0.6 is 11.6 Å². The minimum Gasteiger partial charge on any atom is -0.478 e. The molecule has 1 saturated heterocycles. The number of rotatable bonds is 4. The second-order valence-electron chi connectivity index (χ2n) is 4.42.